The first kappa shape index (κ1) is 30.4. The average Bonchev–Trinajstić information content (AvgIpc) is 3.38. The maximum atomic E-state index is 14.4. The Morgan fingerprint density at radius 2 is 1.65 bits per heavy atom. The number of anilines is 1. The fraction of sp³-hybridized carbons (Fsp3) is 0.314. The van der Waals surface area contributed by atoms with Crippen molar-refractivity contribution in [3.63, 3.8) is 0 Å². The Kier molecular flexibility index (Phi) is 7.25. The number of nitrogens with zero attached hydrogens (tertiary/aromatic N) is 2. The van der Waals surface area contributed by atoms with E-state index in [1.165, 1.54) is 23.1 Å². The van der Waals surface area contributed by atoms with E-state index in [0.717, 1.165) is 22.6 Å². The third-order valence-electron chi connectivity index (χ3n) is 9.86. The van der Waals surface area contributed by atoms with E-state index in [2.05, 4.69) is 0 Å². The smallest absolute Gasteiger partial charge is 0.258 e. The minimum absolute atomic E-state index is 0.0811. The number of likely N-dealkylation sites (tertiary alicyclic amines) is 1. The quantitative estimate of drug-likeness (QED) is 0.207. The van der Waals surface area contributed by atoms with Gasteiger partial charge >= 0.3 is 0 Å². The predicted molar refractivity (Wildman–Crippen MR) is 168 cm³/mol. The molecule has 3 aromatic rings. The summed E-state index contributed by atoms with van der Waals surface area (Å²) in [4.78, 5) is 53.4. The minimum atomic E-state index is -2.14. The number of halogens is 3. The second-order valence-electron chi connectivity index (χ2n) is 12.2. The van der Waals surface area contributed by atoms with Gasteiger partial charge in [-0.2, -0.15) is 0 Å². The molecule has 0 aromatic heterocycles. The lowest BCUT2D eigenvalue weighted by Crippen LogP contribution is -2.60. The topological polar surface area (TPSA) is 104 Å². The normalized spacial score (nSPS) is 30.2. The molecule has 3 aromatic carbocycles. The first-order valence-corrected chi connectivity index (χ1v) is 15.8. The van der Waals surface area contributed by atoms with Crippen LogP contribution in [0.25, 0.3) is 0 Å². The first-order valence-electron chi connectivity index (χ1n) is 15.1. The molecular weight excluding hydrogens is 634 g/mol. The molecule has 8 nitrogen and oxygen atoms in total. The van der Waals surface area contributed by atoms with Gasteiger partial charge in [-0.1, -0.05) is 48.0 Å². The Labute approximate surface area is 274 Å². The van der Waals surface area contributed by atoms with Gasteiger partial charge in [0.25, 0.3) is 11.8 Å². The minimum Gasteiger partial charge on any atom is -0.508 e. The van der Waals surface area contributed by atoms with Crippen LogP contribution in [-0.2, 0) is 25.8 Å². The molecule has 7 rings (SSSR count). The van der Waals surface area contributed by atoms with Crippen LogP contribution in [0.4, 0.5) is 10.1 Å². The molecule has 4 amide bonds. The van der Waals surface area contributed by atoms with Gasteiger partial charge in [-0.3, -0.25) is 24.1 Å². The Morgan fingerprint density at radius 3 is 2.33 bits per heavy atom. The van der Waals surface area contributed by atoms with Crippen molar-refractivity contribution in [2.45, 2.75) is 42.0 Å². The summed E-state index contributed by atoms with van der Waals surface area (Å²) in [5, 5.41) is 11.5. The summed E-state index contributed by atoms with van der Waals surface area (Å²) in [5.74, 6) is -6.11. The van der Waals surface area contributed by atoms with Crippen LogP contribution in [0.2, 0.25) is 0 Å². The molecule has 6 atom stereocenters. The number of allylic oxidation sites excluding steroid dienone is 2. The van der Waals surface area contributed by atoms with Crippen LogP contribution in [-0.4, -0.2) is 49.9 Å². The molecule has 11 heteroatoms. The van der Waals surface area contributed by atoms with Gasteiger partial charge in [-0.05, 0) is 61.6 Å². The van der Waals surface area contributed by atoms with Gasteiger partial charge in [0.2, 0.25) is 11.8 Å². The molecule has 2 saturated heterocycles. The van der Waals surface area contributed by atoms with Crippen molar-refractivity contribution in [1.82, 2.24) is 4.90 Å². The number of carbonyl (C=O) groups excluding carboxylic acids is 4. The Bertz CT molecular complexity index is 1820. The number of carbonyl (C=O) groups is 4. The number of benzene rings is 3. The summed E-state index contributed by atoms with van der Waals surface area (Å²) in [5.41, 5.74) is 1.77. The number of phenols is 1. The van der Waals surface area contributed by atoms with Gasteiger partial charge in [-0.15, -0.1) is 23.2 Å². The van der Waals surface area contributed by atoms with Crippen LogP contribution < -0.4 is 9.64 Å². The number of rotatable bonds is 6. The van der Waals surface area contributed by atoms with E-state index in [-0.39, 0.29) is 54.8 Å². The number of phenolic OH excluding ortho intramolecular Hbond substituents is 1. The fourth-order valence-electron chi connectivity index (χ4n) is 7.72. The summed E-state index contributed by atoms with van der Waals surface area (Å²) in [6.45, 7) is 2.16. The number of alkyl halides is 2. The largest absolute Gasteiger partial charge is 0.508 e. The molecule has 236 valence electrons. The molecule has 2 heterocycles. The van der Waals surface area contributed by atoms with Gasteiger partial charge in [0.05, 0.1) is 17.5 Å². The number of ether oxygens (including phenoxy) is 1. The molecule has 0 bridgehead atoms. The number of hydrogen-bond acceptors (Lipinski definition) is 6. The van der Waals surface area contributed by atoms with Gasteiger partial charge in [0.1, 0.15) is 23.9 Å². The first-order chi connectivity index (χ1) is 22.0. The summed E-state index contributed by atoms with van der Waals surface area (Å²) in [6.07, 6.45) is 1.83. The third kappa shape index (κ3) is 4.24. The van der Waals surface area contributed by atoms with E-state index in [1.807, 2.05) is 30.3 Å². The molecule has 2 aliphatic heterocycles. The van der Waals surface area contributed by atoms with E-state index >= 15 is 0 Å². The highest BCUT2D eigenvalue weighted by atomic mass is 35.5. The van der Waals surface area contributed by atoms with Crippen molar-refractivity contribution in [2.24, 2.45) is 17.8 Å². The molecule has 3 fully saturated rings. The lowest BCUT2D eigenvalue weighted by atomic mass is 9.56. The number of fused-ring (bicyclic) bond motifs is 4. The Hall–Kier alpha value is -4.21. The zero-order valence-electron chi connectivity index (χ0n) is 24.7. The highest BCUT2D eigenvalue weighted by Crippen LogP contribution is 2.66. The molecule has 1 N–H and O–H groups in total. The number of imide groups is 2. The van der Waals surface area contributed by atoms with Gasteiger partial charge < -0.3 is 9.84 Å². The van der Waals surface area contributed by atoms with Crippen LogP contribution in [0.3, 0.4) is 0 Å². The summed E-state index contributed by atoms with van der Waals surface area (Å²) >= 11 is 14.7. The second kappa shape index (κ2) is 11.0. The molecule has 1 saturated carbocycles. The standard InChI is InChI=1S/C35H29Cl2FN2O6/c1-2-39-30(42)25-15-14-23-26(28(25)31(39)43)17-34(36)32(44)40(21-10-8-20(38)9-11-21)33(45)35(34,37)29(23)24-13-12-22(16-27(24)41)46-18-19-6-4-3-5-7-19/h3-14,16,25-26,28-29,41H,2,15,17-18H2,1H3. The van der Waals surface area contributed by atoms with Crippen molar-refractivity contribution in [1.29, 1.82) is 0 Å². The zero-order valence-corrected chi connectivity index (χ0v) is 26.2. The summed E-state index contributed by atoms with van der Waals surface area (Å²) in [6, 6.07) is 18.9. The fourth-order valence-corrected chi connectivity index (χ4v) is 8.65. The predicted octanol–water partition coefficient (Wildman–Crippen LogP) is 5.69. The van der Waals surface area contributed by atoms with Gasteiger partial charge in [-0.25, -0.2) is 9.29 Å². The summed E-state index contributed by atoms with van der Waals surface area (Å²) in [7, 11) is 0. The molecule has 4 aliphatic rings. The van der Waals surface area contributed by atoms with Crippen LogP contribution in [0.15, 0.2) is 84.4 Å². The van der Waals surface area contributed by atoms with Crippen molar-refractivity contribution in [2.75, 3.05) is 11.4 Å². The molecule has 46 heavy (non-hydrogen) atoms. The van der Waals surface area contributed by atoms with Crippen LogP contribution in [0.5, 0.6) is 11.5 Å². The van der Waals surface area contributed by atoms with Gasteiger partial charge in [0.15, 0.2) is 9.75 Å². The summed E-state index contributed by atoms with van der Waals surface area (Å²) < 4.78 is 19.7. The maximum Gasteiger partial charge on any atom is 0.258 e. The van der Waals surface area contributed by atoms with Crippen molar-refractivity contribution < 1.29 is 33.4 Å². The maximum absolute atomic E-state index is 14.4. The van der Waals surface area contributed by atoms with Gasteiger partial charge in [0, 0.05) is 24.1 Å². The number of amides is 4. The number of aromatic hydroxyl groups is 1. The van der Waals surface area contributed by atoms with E-state index in [4.69, 9.17) is 27.9 Å². The lowest BCUT2D eigenvalue weighted by molar-refractivity contribution is -0.140. The van der Waals surface area contributed by atoms with Crippen molar-refractivity contribution in [3.05, 3.63) is 101 Å². The molecule has 2 aliphatic carbocycles. The SMILES string of the molecule is CCN1C(=O)C2CC=C3C(CC4(Cl)C(=O)N(c5ccc(F)cc5)C(=O)C4(Cl)C3c3ccc(OCc4ccccc4)cc3O)C2C1=O. The lowest BCUT2D eigenvalue weighted by Gasteiger charge is -2.50. The molecule has 0 radical (unpaired) electrons. The Morgan fingerprint density at radius 1 is 0.935 bits per heavy atom. The molecule has 6 unspecified atom stereocenters. The molecule has 0 spiro atoms. The van der Waals surface area contributed by atoms with Crippen LogP contribution in [0.1, 0.15) is 36.8 Å². The van der Waals surface area contributed by atoms with Crippen LogP contribution >= 0.6 is 23.2 Å². The number of hydrogen-bond donors (Lipinski definition) is 1. The molecular formula is C35H29Cl2FN2O6. The second-order valence-corrected chi connectivity index (χ2v) is 13.4. The Balaban J connectivity index is 1.35. The third-order valence-corrected chi connectivity index (χ3v) is 11.3. The zero-order chi connectivity index (χ0) is 32.5. The van der Waals surface area contributed by atoms with Crippen LogP contribution in [0, 0.1) is 23.6 Å². The van der Waals surface area contributed by atoms with E-state index in [1.54, 1.807) is 25.1 Å². The average molecular weight is 664 g/mol. The van der Waals surface area contributed by atoms with Crippen molar-refractivity contribution >= 4 is 52.5 Å². The highest BCUT2D eigenvalue weighted by molar-refractivity contribution is 6.58. The monoisotopic (exact) mass is 662 g/mol. The van der Waals surface area contributed by atoms with Crippen molar-refractivity contribution in [3.8, 4) is 11.5 Å². The van der Waals surface area contributed by atoms with E-state index in [0.29, 0.717) is 11.3 Å². The van der Waals surface area contributed by atoms with E-state index < -0.39 is 51.1 Å². The highest BCUT2D eigenvalue weighted by Gasteiger charge is 2.76. The van der Waals surface area contributed by atoms with E-state index in [9.17, 15) is 28.7 Å².